The highest BCUT2D eigenvalue weighted by Crippen LogP contribution is 2.42. The van der Waals surface area contributed by atoms with Crippen LogP contribution >= 0.6 is 7.82 Å². The number of phosphoric acid groups is 1. The highest BCUT2D eigenvalue weighted by atomic mass is 31.2. The molecular weight excluding hydrogens is 786 g/mol. The van der Waals surface area contributed by atoms with E-state index < -0.39 is 26.5 Å². The van der Waals surface area contributed by atoms with Gasteiger partial charge in [0.2, 0.25) is 5.91 Å². The van der Waals surface area contributed by atoms with Crippen LogP contribution in [0.25, 0.3) is 0 Å². The van der Waals surface area contributed by atoms with Crippen LogP contribution in [0.1, 0.15) is 206 Å². The zero-order valence-corrected chi connectivity index (χ0v) is 39.7. The summed E-state index contributed by atoms with van der Waals surface area (Å²) >= 11 is 0. The Morgan fingerprint density at radius 1 is 0.508 bits per heavy atom. The number of rotatable bonds is 45. The van der Waals surface area contributed by atoms with E-state index in [9.17, 15) is 24.2 Å². The minimum atomic E-state index is -4.43. The number of esters is 1. The van der Waals surface area contributed by atoms with Gasteiger partial charge in [-0.25, -0.2) is 4.57 Å². The van der Waals surface area contributed by atoms with Gasteiger partial charge in [-0.3, -0.25) is 18.6 Å². The normalized spacial score (nSPS) is 13.8. The summed E-state index contributed by atoms with van der Waals surface area (Å²) in [4.78, 5) is 34.0. The molecular formula is C51H90NO8P. The number of carbonyl (C=O) groups excluding carboxylic acids is 2. The van der Waals surface area contributed by atoms with Gasteiger partial charge in [0.15, 0.2) is 0 Å². The third-order valence-electron chi connectivity index (χ3n) is 10.1. The Balaban J connectivity index is 3.62. The molecule has 2 unspecified atom stereocenters. The number of hydrogen-bond acceptors (Lipinski definition) is 7. The van der Waals surface area contributed by atoms with Gasteiger partial charge in [0, 0.05) is 19.4 Å². The van der Waals surface area contributed by atoms with Gasteiger partial charge in [-0.1, -0.05) is 177 Å². The van der Waals surface area contributed by atoms with Crippen molar-refractivity contribution in [1.82, 2.24) is 5.32 Å². The fourth-order valence-corrected chi connectivity index (χ4v) is 7.15. The molecule has 9 nitrogen and oxygen atoms in total. The molecule has 0 aromatic heterocycles. The van der Waals surface area contributed by atoms with E-state index in [1.54, 1.807) is 0 Å². The van der Waals surface area contributed by atoms with Crippen LogP contribution in [0.4, 0.5) is 0 Å². The molecule has 0 spiro atoms. The number of ether oxygens (including phenoxy) is 1. The van der Waals surface area contributed by atoms with E-state index in [1.165, 1.54) is 96.3 Å². The molecule has 0 saturated carbocycles. The standard InChI is InChI=1S/C51H90NO8P/c1-3-5-7-9-11-13-15-17-19-21-22-23-24-25-26-28-29-31-33-35-37-39-41-43-50(54)52-45-46-59-61(56,57)60-48-49(53)47-58-51(55)44-42-40-38-36-34-32-30-27-20-18-16-14-12-10-8-6-4-2/h11-14,17-20,22-23,25-26,49,53H,3-10,15-16,21,24,27-48H2,1-2H3,(H,52,54)(H,56,57)/b13-11-,14-12-,19-17-,20-18-,23-22-,26-25-. The number of aliphatic hydroxyl groups is 1. The number of nitrogens with one attached hydrogen (secondary N) is 1. The molecule has 0 aromatic rings. The lowest BCUT2D eigenvalue weighted by molar-refractivity contribution is -0.147. The lowest BCUT2D eigenvalue weighted by Crippen LogP contribution is -2.27. The first-order valence-electron chi connectivity index (χ1n) is 24.4. The van der Waals surface area contributed by atoms with Crippen molar-refractivity contribution >= 4 is 19.7 Å². The number of unbranched alkanes of at least 4 members (excludes halogenated alkanes) is 20. The summed E-state index contributed by atoms with van der Waals surface area (Å²) in [5.41, 5.74) is 0. The second kappa shape index (κ2) is 46.9. The number of allylic oxidation sites excluding steroid dienone is 12. The fraction of sp³-hybridized carbons (Fsp3) is 0.725. The monoisotopic (exact) mass is 876 g/mol. The molecule has 2 atom stereocenters. The first kappa shape index (κ1) is 58.5. The minimum Gasteiger partial charge on any atom is -0.463 e. The Bertz CT molecular complexity index is 1230. The van der Waals surface area contributed by atoms with Gasteiger partial charge in [-0.05, 0) is 89.9 Å². The Morgan fingerprint density at radius 3 is 1.33 bits per heavy atom. The van der Waals surface area contributed by atoms with Crippen molar-refractivity contribution < 1.29 is 37.9 Å². The molecule has 3 N–H and O–H groups in total. The van der Waals surface area contributed by atoms with Gasteiger partial charge < -0.3 is 20.1 Å². The Labute approximate surface area is 373 Å². The van der Waals surface area contributed by atoms with Crippen LogP contribution in [-0.4, -0.2) is 54.3 Å². The fourth-order valence-electron chi connectivity index (χ4n) is 6.39. The van der Waals surface area contributed by atoms with Crippen molar-refractivity contribution in [3.8, 4) is 0 Å². The van der Waals surface area contributed by atoms with Gasteiger partial charge in [0.05, 0.1) is 13.2 Å². The summed E-state index contributed by atoms with van der Waals surface area (Å²) in [5, 5.41) is 12.7. The predicted octanol–water partition coefficient (Wildman–Crippen LogP) is 14.2. The zero-order chi connectivity index (χ0) is 44.6. The van der Waals surface area contributed by atoms with Crippen molar-refractivity contribution in [1.29, 1.82) is 0 Å². The van der Waals surface area contributed by atoms with Gasteiger partial charge in [-0.15, -0.1) is 0 Å². The number of carbonyl (C=O) groups is 2. The molecule has 0 bridgehead atoms. The number of hydrogen-bond donors (Lipinski definition) is 3. The first-order chi connectivity index (χ1) is 29.8. The SMILES string of the molecule is CCCCC/C=C\C/C=C\C/C=C\C/C=C\CCCCCCCCCC(=O)NCCOP(=O)(O)OCC(O)COC(=O)CCCCCCCCC/C=C\C/C=C\CCCCC. The summed E-state index contributed by atoms with van der Waals surface area (Å²) in [6.07, 6.45) is 58.3. The maximum atomic E-state index is 12.1. The molecule has 0 saturated heterocycles. The third kappa shape index (κ3) is 48.3. The van der Waals surface area contributed by atoms with E-state index in [4.69, 9.17) is 13.8 Å². The van der Waals surface area contributed by atoms with E-state index in [-0.39, 0.29) is 32.1 Å². The molecule has 0 aliphatic heterocycles. The van der Waals surface area contributed by atoms with E-state index in [2.05, 4.69) is 92.1 Å². The number of amides is 1. The quantitative estimate of drug-likeness (QED) is 0.0239. The number of phosphoric ester groups is 1. The van der Waals surface area contributed by atoms with Gasteiger partial charge in [0.1, 0.15) is 12.7 Å². The van der Waals surface area contributed by atoms with Crippen molar-refractivity contribution in [3.63, 3.8) is 0 Å². The third-order valence-corrected chi connectivity index (χ3v) is 11.1. The average molecular weight is 876 g/mol. The lowest BCUT2D eigenvalue weighted by atomic mass is 10.1. The molecule has 0 fully saturated rings. The Kier molecular flexibility index (Phi) is 45.0. The average Bonchev–Trinajstić information content (AvgIpc) is 3.25. The second-order valence-corrected chi connectivity index (χ2v) is 17.5. The van der Waals surface area contributed by atoms with Crippen molar-refractivity contribution in [2.75, 3.05) is 26.4 Å². The lowest BCUT2D eigenvalue weighted by Gasteiger charge is -2.15. The smallest absolute Gasteiger partial charge is 0.463 e. The van der Waals surface area contributed by atoms with Crippen LogP contribution < -0.4 is 5.32 Å². The largest absolute Gasteiger partial charge is 0.472 e. The molecule has 1 amide bonds. The second-order valence-electron chi connectivity index (χ2n) is 16.1. The van der Waals surface area contributed by atoms with Gasteiger partial charge in [0.25, 0.3) is 0 Å². The van der Waals surface area contributed by atoms with Crippen molar-refractivity contribution in [3.05, 3.63) is 72.9 Å². The van der Waals surface area contributed by atoms with Crippen LogP contribution in [0.3, 0.4) is 0 Å². The molecule has 0 aliphatic rings. The molecule has 61 heavy (non-hydrogen) atoms. The summed E-state index contributed by atoms with van der Waals surface area (Å²) in [6.45, 7) is 3.48. The highest BCUT2D eigenvalue weighted by molar-refractivity contribution is 7.47. The molecule has 0 heterocycles. The summed E-state index contributed by atoms with van der Waals surface area (Å²) in [5.74, 6) is -0.537. The van der Waals surface area contributed by atoms with Crippen LogP contribution in [0.15, 0.2) is 72.9 Å². The Morgan fingerprint density at radius 2 is 0.885 bits per heavy atom. The Hall–Kier alpha value is -2.55. The maximum Gasteiger partial charge on any atom is 0.472 e. The van der Waals surface area contributed by atoms with E-state index >= 15 is 0 Å². The molecule has 0 aliphatic carbocycles. The zero-order valence-electron chi connectivity index (χ0n) is 38.8. The highest BCUT2D eigenvalue weighted by Gasteiger charge is 2.23. The first-order valence-corrected chi connectivity index (χ1v) is 25.9. The van der Waals surface area contributed by atoms with E-state index in [1.807, 2.05) is 0 Å². The molecule has 0 radical (unpaired) electrons. The molecule has 0 aromatic carbocycles. The predicted molar refractivity (Wildman–Crippen MR) is 256 cm³/mol. The van der Waals surface area contributed by atoms with Gasteiger partial charge in [-0.2, -0.15) is 0 Å². The summed E-state index contributed by atoms with van der Waals surface area (Å²) in [6, 6.07) is 0. The van der Waals surface area contributed by atoms with Crippen molar-refractivity contribution in [2.24, 2.45) is 0 Å². The summed E-state index contributed by atoms with van der Waals surface area (Å²) in [7, 11) is -4.43. The van der Waals surface area contributed by atoms with Gasteiger partial charge >= 0.3 is 13.8 Å². The maximum absolute atomic E-state index is 12.1. The van der Waals surface area contributed by atoms with Crippen LogP contribution in [-0.2, 0) is 27.9 Å². The molecule has 0 rings (SSSR count). The molecule has 10 heteroatoms. The van der Waals surface area contributed by atoms with Crippen LogP contribution in [0.2, 0.25) is 0 Å². The van der Waals surface area contributed by atoms with Crippen LogP contribution in [0.5, 0.6) is 0 Å². The van der Waals surface area contributed by atoms with E-state index in [0.29, 0.717) is 6.42 Å². The molecule has 352 valence electrons. The minimum absolute atomic E-state index is 0.0710. The van der Waals surface area contributed by atoms with E-state index in [0.717, 1.165) is 83.5 Å². The van der Waals surface area contributed by atoms with Crippen molar-refractivity contribution in [2.45, 2.75) is 213 Å². The van der Waals surface area contributed by atoms with Crippen LogP contribution in [0, 0.1) is 0 Å². The summed E-state index contributed by atoms with van der Waals surface area (Å²) < 4.78 is 26.9. The number of aliphatic hydroxyl groups excluding tert-OH is 1. The topological polar surface area (TPSA) is 131 Å².